The second-order valence-corrected chi connectivity index (χ2v) is 6.09. The van der Waals surface area contributed by atoms with Gasteiger partial charge >= 0.3 is 0 Å². The molecule has 2 fully saturated rings. The van der Waals surface area contributed by atoms with Crippen molar-refractivity contribution in [1.82, 2.24) is 0 Å². The highest BCUT2D eigenvalue weighted by atomic mass is 16.2. The van der Waals surface area contributed by atoms with Crippen molar-refractivity contribution in [1.29, 1.82) is 0 Å². The van der Waals surface area contributed by atoms with Gasteiger partial charge in [-0.1, -0.05) is 25.3 Å². The van der Waals surface area contributed by atoms with Gasteiger partial charge in [0.05, 0.1) is 11.1 Å². The van der Waals surface area contributed by atoms with E-state index in [-0.39, 0.29) is 11.8 Å². The van der Waals surface area contributed by atoms with Crippen LogP contribution in [0.3, 0.4) is 0 Å². The Hall–Kier alpha value is -1.84. The topological polar surface area (TPSA) is 63.4 Å². The minimum Gasteiger partial charge on any atom is -0.398 e. The summed E-state index contributed by atoms with van der Waals surface area (Å²) in [6.45, 7) is 1.91. The highest BCUT2D eigenvalue weighted by Crippen LogP contribution is 2.46. The number of benzene rings is 1. The van der Waals surface area contributed by atoms with Gasteiger partial charge in [-0.25, -0.2) is 4.90 Å². The van der Waals surface area contributed by atoms with Crippen LogP contribution in [0, 0.1) is 12.3 Å². The standard InChI is InChI=1S/C16H20N2O2/c1-11-5-6-12(9-13(11)17)18-14(19)10-16(15(18)20)7-3-2-4-8-16/h5-6,9H,2-4,7-8,10,17H2,1H3. The number of amides is 2. The summed E-state index contributed by atoms with van der Waals surface area (Å²) in [6.07, 6.45) is 5.30. The van der Waals surface area contributed by atoms with Crippen molar-refractivity contribution in [2.24, 2.45) is 5.41 Å². The lowest BCUT2D eigenvalue weighted by molar-refractivity contribution is -0.127. The van der Waals surface area contributed by atoms with E-state index in [1.54, 1.807) is 6.07 Å². The van der Waals surface area contributed by atoms with Gasteiger partial charge in [0, 0.05) is 12.1 Å². The number of nitrogen functional groups attached to an aromatic ring is 1. The Balaban J connectivity index is 1.95. The van der Waals surface area contributed by atoms with Gasteiger partial charge in [-0.3, -0.25) is 9.59 Å². The number of rotatable bonds is 1. The maximum atomic E-state index is 12.8. The van der Waals surface area contributed by atoms with Crippen LogP contribution in [-0.2, 0) is 9.59 Å². The van der Waals surface area contributed by atoms with Crippen molar-refractivity contribution in [2.75, 3.05) is 10.6 Å². The smallest absolute Gasteiger partial charge is 0.240 e. The largest absolute Gasteiger partial charge is 0.398 e. The normalized spacial score (nSPS) is 21.8. The molecule has 2 N–H and O–H groups in total. The number of hydrogen-bond acceptors (Lipinski definition) is 3. The Morgan fingerprint density at radius 2 is 1.85 bits per heavy atom. The molecule has 0 radical (unpaired) electrons. The molecule has 0 unspecified atom stereocenters. The third-order valence-corrected chi connectivity index (χ3v) is 4.73. The Morgan fingerprint density at radius 3 is 2.50 bits per heavy atom. The Kier molecular flexibility index (Phi) is 3.04. The van der Waals surface area contributed by atoms with Crippen LogP contribution in [0.5, 0.6) is 0 Å². The van der Waals surface area contributed by atoms with E-state index < -0.39 is 5.41 Å². The van der Waals surface area contributed by atoms with Gasteiger partial charge in [-0.2, -0.15) is 0 Å². The zero-order valence-electron chi connectivity index (χ0n) is 11.8. The summed E-state index contributed by atoms with van der Waals surface area (Å²) in [6, 6.07) is 5.40. The highest BCUT2D eigenvalue weighted by molar-refractivity contribution is 6.22. The van der Waals surface area contributed by atoms with E-state index in [0.29, 0.717) is 17.8 Å². The molecule has 0 aromatic heterocycles. The van der Waals surface area contributed by atoms with Crippen LogP contribution in [0.1, 0.15) is 44.1 Å². The average molecular weight is 272 g/mol. The zero-order valence-corrected chi connectivity index (χ0v) is 11.8. The fraction of sp³-hybridized carbons (Fsp3) is 0.500. The monoisotopic (exact) mass is 272 g/mol. The Bertz CT molecular complexity index is 574. The first-order valence-electron chi connectivity index (χ1n) is 7.27. The van der Waals surface area contributed by atoms with E-state index in [4.69, 9.17) is 5.73 Å². The summed E-state index contributed by atoms with van der Waals surface area (Å²) < 4.78 is 0. The van der Waals surface area contributed by atoms with E-state index >= 15 is 0 Å². The quantitative estimate of drug-likeness (QED) is 0.631. The van der Waals surface area contributed by atoms with Crippen molar-refractivity contribution < 1.29 is 9.59 Å². The number of nitrogens with zero attached hydrogens (tertiary/aromatic N) is 1. The number of nitrogens with two attached hydrogens (primary N) is 1. The van der Waals surface area contributed by atoms with E-state index in [1.165, 1.54) is 11.3 Å². The summed E-state index contributed by atoms with van der Waals surface area (Å²) in [7, 11) is 0. The van der Waals surface area contributed by atoms with Crippen LogP contribution in [-0.4, -0.2) is 11.8 Å². The van der Waals surface area contributed by atoms with Crippen LogP contribution < -0.4 is 10.6 Å². The predicted octanol–water partition coefficient (Wildman–Crippen LogP) is 2.79. The molecule has 2 amide bonds. The lowest BCUT2D eigenvalue weighted by Gasteiger charge is -2.30. The molecule has 4 heteroatoms. The van der Waals surface area contributed by atoms with Crippen molar-refractivity contribution in [3.05, 3.63) is 23.8 Å². The molecule has 1 aromatic carbocycles. The number of carbonyl (C=O) groups excluding carboxylic acids is 2. The van der Waals surface area contributed by atoms with Crippen LogP contribution >= 0.6 is 0 Å². The molecule has 106 valence electrons. The fourth-order valence-electron chi connectivity index (χ4n) is 3.44. The number of imide groups is 1. The molecule has 1 aromatic rings. The van der Waals surface area contributed by atoms with Gasteiger partial charge < -0.3 is 5.73 Å². The molecule has 1 saturated carbocycles. The Morgan fingerprint density at radius 1 is 1.15 bits per heavy atom. The summed E-state index contributed by atoms with van der Waals surface area (Å²) >= 11 is 0. The molecular formula is C16H20N2O2. The summed E-state index contributed by atoms with van der Waals surface area (Å²) in [4.78, 5) is 26.4. The SMILES string of the molecule is Cc1ccc(N2C(=O)CC3(CCCCC3)C2=O)cc1N. The molecular weight excluding hydrogens is 252 g/mol. The first-order valence-corrected chi connectivity index (χ1v) is 7.27. The average Bonchev–Trinajstić information content (AvgIpc) is 2.66. The van der Waals surface area contributed by atoms with Crippen LogP contribution in [0.4, 0.5) is 11.4 Å². The van der Waals surface area contributed by atoms with Gasteiger partial charge in [0.15, 0.2) is 0 Å². The van der Waals surface area contributed by atoms with Crippen LogP contribution in [0.15, 0.2) is 18.2 Å². The van der Waals surface area contributed by atoms with Crippen molar-refractivity contribution in [3.8, 4) is 0 Å². The zero-order chi connectivity index (χ0) is 14.3. The fourth-order valence-corrected chi connectivity index (χ4v) is 3.44. The van der Waals surface area contributed by atoms with Crippen molar-refractivity contribution in [3.63, 3.8) is 0 Å². The molecule has 2 aliphatic rings. The van der Waals surface area contributed by atoms with Gasteiger partial charge in [-0.15, -0.1) is 0 Å². The minimum atomic E-state index is -0.436. The molecule has 3 rings (SSSR count). The first kappa shape index (κ1) is 13.2. The maximum absolute atomic E-state index is 12.8. The molecule has 1 aliphatic carbocycles. The molecule has 1 saturated heterocycles. The number of aryl methyl sites for hydroxylation is 1. The second kappa shape index (κ2) is 4.62. The number of carbonyl (C=O) groups is 2. The molecule has 1 spiro atoms. The lowest BCUT2D eigenvalue weighted by Crippen LogP contribution is -2.37. The molecule has 4 nitrogen and oxygen atoms in total. The van der Waals surface area contributed by atoms with E-state index in [9.17, 15) is 9.59 Å². The summed E-state index contributed by atoms with van der Waals surface area (Å²) in [5.74, 6) is -0.106. The predicted molar refractivity (Wildman–Crippen MR) is 78.2 cm³/mol. The minimum absolute atomic E-state index is 0.0227. The third-order valence-electron chi connectivity index (χ3n) is 4.73. The van der Waals surface area contributed by atoms with Gasteiger partial charge in [0.2, 0.25) is 11.8 Å². The van der Waals surface area contributed by atoms with Crippen LogP contribution in [0.25, 0.3) is 0 Å². The highest BCUT2D eigenvalue weighted by Gasteiger charge is 2.51. The lowest BCUT2D eigenvalue weighted by atomic mass is 9.73. The van der Waals surface area contributed by atoms with Gasteiger partial charge in [0.1, 0.15) is 0 Å². The molecule has 0 bridgehead atoms. The van der Waals surface area contributed by atoms with E-state index in [0.717, 1.165) is 31.2 Å². The van der Waals surface area contributed by atoms with Crippen molar-refractivity contribution >= 4 is 23.2 Å². The maximum Gasteiger partial charge on any atom is 0.240 e. The molecule has 1 heterocycles. The number of anilines is 2. The summed E-state index contributed by atoms with van der Waals surface area (Å²) in [5, 5.41) is 0. The van der Waals surface area contributed by atoms with Crippen molar-refractivity contribution in [2.45, 2.75) is 45.4 Å². The summed E-state index contributed by atoms with van der Waals surface area (Å²) in [5.41, 5.74) is 7.66. The Labute approximate surface area is 118 Å². The van der Waals surface area contributed by atoms with Crippen LogP contribution in [0.2, 0.25) is 0 Å². The number of hydrogen-bond donors (Lipinski definition) is 1. The molecule has 20 heavy (non-hydrogen) atoms. The third kappa shape index (κ3) is 1.90. The van der Waals surface area contributed by atoms with E-state index in [2.05, 4.69) is 0 Å². The van der Waals surface area contributed by atoms with Gasteiger partial charge in [0.25, 0.3) is 0 Å². The van der Waals surface area contributed by atoms with Gasteiger partial charge in [-0.05, 0) is 37.5 Å². The first-order chi connectivity index (χ1) is 9.53. The molecule has 1 aliphatic heterocycles. The second-order valence-electron chi connectivity index (χ2n) is 6.09. The molecule has 0 atom stereocenters. The van der Waals surface area contributed by atoms with E-state index in [1.807, 2.05) is 19.1 Å².